The Morgan fingerprint density at radius 1 is 1.14 bits per heavy atom. The minimum absolute atomic E-state index is 0.202. The van der Waals surface area contributed by atoms with Gasteiger partial charge in [0.05, 0.1) is 12.2 Å². The molecule has 2 aliphatic heterocycles. The maximum Gasteiger partial charge on any atom is 0.251 e. The average molecular weight is 406 g/mol. The fourth-order valence-corrected chi connectivity index (χ4v) is 6.08. The van der Waals surface area contributed by atoms with Crippen LogP contribution in [-0.2, 0) is 9.53 Å². The molecule has 0 spiro atoms. The number of unbranched alkanes of at least 4 members (excludes halogenated alkanes) is 2. The summed E-state index contributed by atoms with van der Waals surface area (Å²) in [6.07, 6.45) is 8.79. The first-order valence-corrected chi connectivity index (χ1v) is 11.7. The van der Waals surface area contributed by atoms with Crippen LogP contribution >= 0.6 is 11.8 Å². The highest BCUT2D eigenvalue weighted by atomic mass is 32.2. The number of fused-ring (bicyclic) bond motifs is 2. The molecule has 4 unspecified atom stereocenters. The Kier molecular flexibility index (Phi) is 7.46. The molecule has 0 saturated carbocycles. The fourth-order valence-electron chi connectivity index (χ4n) is 4.88. The molecular formula is C23H35NO3S. The van der Waals surface area contributed by atoms with E-state index in [9.17, 15) is 10.0 Å². The first kappa shape index (κ1) is 21.7. The van der Waals surface area contributed by atoms with Crippen molar-refractivity contribution in [1.29, 1.82) is 0 Å². The second-order valence-electron chi connectivity index (χ2n) is 9.05. The maximum absolute atomic E-state index is 12.0. The summed E-state index contributed by atoms with van der Waals surface area (Å²) in [5, 5.41) is 10.1. The van der Waals surface area contributed by atoms with Crippen LogP contribution in [0, 0.1) is 17.3 Å². The van der Waals surface area contributed by atoms with Crippen molar-refractivity contribution >= 4 is 17.7 Å². The second-order valence-corrected chi connectivity index (χ2v) is 10.1. The average Bonchev–Trinajstić information content (AvgIpc) is 3.28. The molecule has 2 heterocycles. The van der Waals surface area contributed by atoms with Crippen molar-refractivity contribution in [1.82, 2.24) is 5.06 Å². The summed E-state index contributed by atoms with van der Waals surface area (Å²) < 4.78 is 6.26. The summed E-state index contributed by atoms with van der Waals surface area (Å²) in [7, 11) is 1.41. The molecule has 1 aromatic carbocycles. The molecule has 0 aliphatic carbocycles. The van der Waals surface area contributed by atoms with E-state index in [1.165, 1.54) is 37.6 Å². The number of amides is 1. The molecule has 0 radical (unpaired) electrons. The number of hydrogen-bond acceptors (Lipinski definition) is 4. The zero-order valence-electron chi connectivity index (χ0n) is 17.5. The van der Waals surface area contributed by atoms with E-state index in [0.29, 0.717) is 24.0 Å². The van der Waals surface area contributed by atoms with Gasteiger partial charge < -0.3 is 4.74 Å². The number of hydroxylamine groups is 2. The van der Waals surface area contributed by atoms with Crippen LogP contribution in [0.2, 0.25) is 0 Å². The van der Waals surface area contributed by atoms with Crippen molar-refractivity contribution in [3.05, 3.63) is 30.3 Å². The van der Waals surface area contributed by atoms with E-state index in [1.54, 1.807) is 0 Å². The molecule has 2 saturated heterocycles. The van der Waals surface area contributed by atoms with Gasteiger partial charge in [0.25, 0.3) is 5.91 Å². The van der Waals surface area contributed by atoms with E-state index in [2.05, 4.69) is 30.3 Å². The van der Waals surface area contributed by atoms with Crippen LogP contribution in [0.5, 0.6) is 0 Å². The molecule has 5 heteroatoms. The first-order valence-electron chi connectivity index (χ1n) is 10.7. The predicted molar refractivity (Wildman–Crippen MR) is 113 cm³/mol. The van der Waals surface area contributed by atoms with Gasteiger partial charge in [-0.2, -0.15) is 0 Å². The number of nitrogens with zero attached hydrogens (tertiary/aromatic N) is 1. The van der Waals surface area contributed by atoms with Crippen LogP contribution in [0.3, 0.4) is 0 Å². The molecule has 156 valence electrons. The zero-order valence-corrected chi connectivity index (χ0v) is 18.3. The van der Waals surface area contributed by atoms with E-state index in [1.807, 2.05) is 25.6 Å². The molecule has 0 aromatic heterocycles. The minimum Gasteiger partial charge on any atom is -0.374 e. The van der Waals surface area contributed by atoms with E-state index in [-0.39, 0.29) is 5.91 Å². The lowest BCUT2D eigenvalue weighted by Gasteiger charge is -2.28. The van der Waals surface area contributed by atoms with E-state index < -0.39 is 5.41 Å². The van der Waals surface area contributed by atoms with Crippen molar-refractivity contribution in [2.45, 2.75) is 75.9 Å². The Morgan fingerprint density at radius 3 is 2.50 bits per heavy atom. The highest BCUT2D eigenvalue weighted by Crippen LogP contribution is 2.47. The number of carbonyl (C=O) groups is 1. The molecule has 2 bridgehead atoms. The van der Waals surface area contributed by atoms with Crippen LogP contribution in [0.25, 0.3) is 0 Å². The van der Waals surface area contributed by atoms with Crippen molar-refractivity contribution in [2.24, 2.45) is 17.3 Å². The van der Waals surface area contributed by atoms with E-state index >= 15 is 0 Å². The third-order valence-corrected chi connectivity index (χ3v) is 7.65. The van der Waals surface area contributed by atoms with Crippen molar-refractivity contribution in [3.8, 4) is 0 Å². The maximum atomic E-state index is 12.0. The van der Waals surface area contributed by atoms with Crippen LogP contribution in [0.4, 0.5) is 0 Å². The quantitative estimate of drug-likeness (QED) is 0.245. The summed E-state index contributed by atoms with van der Waals surface area (Å²) >= 11 is 1.97. The molecule has 4 atom stereocenters. The third kappa shape index (κ3) is 5.31. The number of benzene rings is 1. The van der Waals surface area contributed by atoms with Gasteiger partial charge in [-0.05, 0) is 49.7 Å². The number of thioether (sulfide) groups is 1. The highest BCUT2D eigenvalue weighted by molar-refractivity contribution is 7.99. The third-order valence-electron chi connectivity index (χ3n) is 6.49. The first-order chi connectivity index (χ1) is 13.4. The number of carbonyl (C=O) groups excluding carboxylic acids is 1. The smallest absolute Gasteiger partial charge is 0.251 e. The van der Waals surface area contributed by atoms with Crippen molar-refractivity contribution in [2.75, 3.05) is 12.8 Å². The van der Waals surface area contributed by atoms with Gasteiger partial charge in [0.15, 0.2) is 0 Å². The summed E-state index contributed by atoms with van der Waals surface area (Å²) in [6.45, 7) is 3.84. The van der Waals surface area contributed by atoms with Gasteiger partial charge in [0, 0.05) is 23.1 Å². The monoisotopic (exact) mass is 405 g/mol. The van der Waals surface area contributed by atoms with Gasteiger partial charge in [0.2, 0.25) is 0 Å². The second kappa shape index (κ2) is 9.64. The molecule has 2 aliphatic rings. The Hall–Kier alpha value is -1.04. The number of rotatable bonds is 10. The van der Waals surface area contributed by atoms with Gasteiger partial charge >= 0.3 is 0 Å². The van der Waals surface area contributed by atoms with Crippen LogP contribution in [0.1, 0.15) is 58.8 Å². The van der Waals surface area contributed by atoms with E-state index in [0.717, 1.165) is 30.1 Å². The highest BCUT2D eigenvalue weighted by Gasteiger charge is 2.48. The molecule has 1 amide bonds. The minimum atomic E-state index is -0.492. The molecule has 3 rings (SSSR count). The summed E-state index contributed by atoms with van der Waals surface area (Å²) in [4.78, 5) is 13.4. The van der Waals surface area contributed by atoms with E-state index in [4.69, 9.17) is 4.74 Å². The lowest BCUT2D eigenvalue weighted by Crippen LogP contribution is -2.36. The largest absolute Gasteiger partial charge is 0.374 e. The number of hydrogen-bond donors (Lipinski definition) is 1. The Labute approximate surface area is 174 Å². The summed E-state index contributed by atoms with van der Waals surface area (Å²) in [5.41, 5.74) is -0.492. The summed E-state index contributed by atoms with van der Waals surface area (Å²) in [5.74, 6) is 2.31. The molecule has 28 heavy (non-hydrogen) atoms. The topological polar surface area (TPSA) is 49.8 Å². The summed E-state index contributed by atoms with van der Waals surface area (Å²) in [6, 6.07) is 10.7. The van der Waals surface area contributed by atoms with Gasteiger partial charge in [-0.3, -0.25) is 10.0 Å². The van der Waals surface area contributed by atoms with Gasteiger partial charge in [0.1, 0.15) is 0 Å². The van der Waals surface area contributed by atoms with Crippen molar-refractivity contribution < 1.29 is 14.7 Å². The lowest BCUT2D eigenvalue weighted by molar-refractivity contribution is -0.169. The molecule has 2 fully saturated rings. The van der Waals surface area contributed by atoms with Crippen molar-refractivity contribution in [3.63, 3.8) is 0 Å². The van der Waals surface area contributed by atoms with Gasteiger partial charge in [-0.25, -0.2) is 5.06 Å². The zero-order chi connectivity index (χ0) is 20.1. The standard InChI is InChI=1S/C23H35NO3S/c1-23(2,22(25)24(3)26)15-9-5-8-12-18-19(21-14-13-20(18)27-21)16-28-17-10-6-4-7-11-17/h4,6-7,10-11,18-21,26H,5,8-9,12-16H2,1-3H3. The van der Waals surface area contributed by atoms with Crippen LogP contribution in [0.15, 0.2) is 35.2 Å². The molecular weight excluding hydrogens is 370 g/mol. The Morgan fingerprint density at radius 2 is 1.82 bits per heavy atom. The van der Waals surface area contributed by atoms with Crippen LogP contribution < -0.4 is 0 Å². The number of ether oxygens (including phenoxy) is 1. The normalized spacial score (nSPS) is 26.6. The molecule has 1 aromatic rings. The Balaban J connectivity index is 1.42. The van der Waals surface area contributed by atoms with Gasteiger partial charge in [-0.15, -0.1) is 11.8 Å². The lowest BCUT2D eigenvalue weighted by atomic mass is 9.77. The molecule has 1 N–H and O–H groups in total. The predicted octanol–water partition coefficient (Wildman–Crippen LogP) is 5.40. The fraction of sp³-hybridized carbons (Fsp3) is 0.696. The van der Waals surface area contributed by atoms with Crippen LogP contribution in [-0.4, -0.2) is 41.2 Å². The SMILES string of the molecule is CN(O)C(=O)C(C)(C)CCCCCC1C2CCC(O2)C1CSc1ccccc1. The Bertz CT molecular complexity index is 634. The van der Waals surface area contributed by atoms with Gasteiger partial charge in [-0.1, -0.05) is 51.3 Å². The molecule has 4 nitrogen and oxygen atoms in total.